The van der Waals surface area contributed by atoms with Gasteiger partial charge in [0.25, 0.3) is 5.91 Å². The van der Waals surface area contributed by atoms with E-state index in [1.165, 1.54) is 24.3 Å². The summed E-state index contributed by atoms with van der Waals surface area (Å²) in [6, 6.07) is 5.69. The van der Waals surface area contributed by atoms with Crippen LogP contribution in [0.5, 0.6) is 0 Å². The lowest BCUT2D eigenvalue weighted by molar-refractivity contribution is -0.114. The third kappa shape index (κ3) is 2.97. The predicted octanol–water partition coefficient (Wildman–Crippen LogP) is 1.75. The quantitative estimate of drug-likeness (QED) is 0.860. The zero-order valence-electron chi connectivity index (χ0n) is 11.8. The molecule has 1 amide bonds. The molecule has 1 aromatic rings. The number of halogens is 1. The van der Waals surface area contributed by atoms with Crippen molar-refractivity contribution in [3.8, 4) is 0 Å². The molecule has 0 bridgehead atoms. The smallest absolute Gasteiger partial charge is 0.251 e. The Bertz CT molecular complexity index is 532. The van der Waals surface area contributed by atoms with Crippen molar-refractivity contribution in [2.75, 3.05) is 13.1 Å². The van der Waals surface area contributed by atoms with Crippen molar-refractivity contribution in [3.05, 3.63) is 35.6 Å². The van der Waals surface area contributed by atoms with Gasteiger partial charge in [0, 0.05) is 24.7 Å². The van der Waals surface area contributed by atoms with Gasteiger partial charge in [-0.05, 0) is 49.9 Å². The second kappa shape index (κ2) is 5.56. The second-order valence-electron chi connectivity index (χ2n) is 5.96. The van der Waals surface area contributed by atoms with Gasteiger partial charge in [-0.15, -0.1) is 0 Å². The highest BCUT2D eigenvalue weighted by Crippen LogP contribution is 2.40. The van der Waals surface area contributed by atoms with E-state index >= 15 is 0 Å². The van der Waals surface area contributed by atoms with Crippen LogP contribution in [0.25, 0.3) is 0 Å². The lowest BCUT2D eigenvalue weighted by Gasteiger charge is -2.35. The Morgan fingerprint density at radius 3 is 2.38 bits per heavy atom. The molecule has 1 aliphatic carbocycles. The van der Waals surface area contributed by atoms with Crippen LogP contribution in [0, 0.1) is 5.82 Å². The van der Waals surface area contributed by atoms with Gasteiger partial charge in [0.05, 0.1) is 5.54 Å². The van der Waals surface area contributed by atoms with Crippen LogP contribution in [0.15, 0.2) is 24.3 Å². The minimum atomic E-state index is -0.344. The van der Waals surface area contributed by atoms with E-state index in [9.17, 15) is 14.0 Å². The molecule has 21 heavy (non-hydrogen) atoms. The summed E-state index contributed by atoms with van der Waals surface area (Å²) in [5.41, 5.74) is 0.275. The molecule has 4 nitrogen and oxygen atoms in total. The Balaban J connectivity index is 1.52. The summed E-state index contributed by atoms with van der Waals surface area (Å²) in [5.74, 6) is -0.506. The Morgan fingerprint density at radius 2 is 1.86 bits per heavy atom. The number of rotatable bonds is 4. The first-order valence-electron chi connectivity index (χ1n) is 7.41. The first kappa shape index (κ1) is 14.2. The third-order valence-corrected chi connectivity index (χ3v) is 4.55. The van der Waals surface area contributed by atoms with Crippen LogP contribution >= 0.6 is 0 Å². The molecule has 0 spiro atoms. The molecule has 0 radical (unpaired) electrons. The largest absolute Gasteiger partial charge is 0.349 e. The number of hydrogen-bond acceptors (Lipinski definition) is 3. The summed E-state index contributed by atoms with van der Waals surface area (Å²) in [7, 11) is 0. The number of nitrogens with one attached hydrogen (secondary N) is 1. The average molecular weight is 290 g/mol. The molecule has 1 aromatic carbocycles. The van der Waals surface area contributed by atoms with Gasteiger partial charge in [0.1, 0.15) is 12.1 Å². The van der Waals surface area contributed by atoms with Crippen LogP contribution in [-0.4, -0.2) is 41.8 Å². The molecule has 2 fully saturated rings. The van der Waals surface area contributed by atoms with Crippen LogP contribution in [0.4, 0.5) is 4.39 Å². The summed E-state index contributed by atoms with van der Waals surface area (Å²) in [6.45, 7) is 1.68. The highest BCUT2D eigenvalue weighted by Gasteiger charge is 2.48. The predicted molar refractivity (Wildman–Crippen MR) is 76.5 cm³/mol. The summed E-state index contributed by atoms with van der Waals surface area (Å²) >= 11 is 0. The van der Waals surface area contributed by atoms with E-state index < -0.39 is 0 Å². The number of nitrogens with zero attached hydrogens (tertiary/aromatic N) is 1. The maximum atomic E-state index is 12.8. The van der Waals surface area contributed by atoms with Gasteiger partial charge < -0.3 is 10.1 Å². The fourth-order valence-electron chi connectivity index (χ4n) is 2.98. The van der Waals surface area contributed by atoms with Gasteiger partial charge in [-0.3, -0.25) is 9.69 Å². The lowest BCUT2D eigenvalue weighted by Crippen LogP contribution is -2.49. The molecule has 1 saturated heterocycles. The molecular weight excluding hydrogens is 271 g/mol. The van der Waals surface area contributed by atoms with Gasteiger partial charge >= 0.3 is 0 Å². The molecule has 1 saturated carbocycles. The van der Waals surface area contributed by atoms with Gasteiger partial charge in [0.2, 0.25) is 0 Å². The van der Waals surface area contributed by atoms with Crippen molar-refractivity contribution in [1.29, 1.82) is 0 Å². The maximum Gasteiger partial charge on any atom is 0.251 e. The molecule has 2 aliphatic rings. The molecule has 3 rings (SSSR count). The SMILES string of the molecule is O=CC1(N2CCC(NC(=O)c3ccc(F)cc3)CC2)CC1. The molecule has 1 N–H and O–H groups in total. The van der Waals surface area contributed by atoms with Crippen LogP contribution in [0.3, 0.4) is 0 Å². The molecule has 0 atom stereocenters. The van der Waals surface area contributed by atoms with E-state index in [2.05, 4.69) is 10.2 Å². The van der Waals surface area contributed by atoms with Crippen LogP contribution in [0.2, 0.25) is 0 Å². The molecule has 1 heterocycles. The molecule has 0 aromatic heterocycles. The van der Waals surface area contributed by atoms with E-state index in [4.69, 9.17) is 0 Å². The van der Waals surface area contributed by atoms with Crippen molar-refractivity contribution >= 4 is 12.2 Å². The summed E-state index contributed by atoms with van der Waals surface area (Å²) in [4.78, 5) is 25.4. The van der Waals surface area contributed by atoms with Crippen molar-refractivity contribution in [1.82, 2.24) is 10.2 Å². The van der Waals surface area contributed by atoms with Gasteiger partial charge in [-0.1, -0.05) is 0 Å². The first-order valence-corrected chi connectivity index (χ1v) is 7.41. The van der Waals surface area contributed by atoms with Crippen molar-refractivity contribution < 1.29 is 14.0 Å². The number of amides is 1. The average Bonchev–Trinajstić information content (AvgIpc) is 3.30. The van der Waals surface area contributed by atoms with Crippen molar-refractivity contribution in [2.45, 2.75) is 37.3 Å². The monoisotopic (exact) mass is 290 g/mol. The Hall–Kier alpha value is -1.75. The maximum absolute atomic E-state index is 12.8. The number of carbonyl (C=O) groups is 2. The van der Waals surface area contributed by atoms with Crippen molar-refractivity contribution in [2.24, 2.45) is 0 Å². The molecule has 112 valence electrons. The lowest BCUT2D eigenvalue weighted by atomic mass is 10.0. The zero-order chi connectivity index (χ0) is 14.9. The van der Waals surface area contributed by atoms with E-state index in [-0.39, 0.29) is 23.3 Å². The Morgan fingerprint density at radius 1 is 1.24 bits per heavy atom. The normalized spacial score (nSPS) is 21.8. The van der Waals surface area contributed by atoms with Gasteiger partial charge in [0.15, 0.2) is 0 Å². The standard InChI is InChI=1S/C16H19FN2O2/c17-13-3-1-12(2-4-13)15(21)18-14-5-9-19(10-6-14)16(11-20)7-8-16/h1-4,11,14H,5-10H2,(H,18,21). The van der Waals surface area contributed by atoms with Gasteiger partial charge in [-0.25, -0.2) is 4.39 Å². The third-order valence-electron chi connectivity index (χ3n) is 4.55. The fourth-order valence-corrected chi connectivity index (χ4v) is 2.98. The minimum absolute atomic E-state index is 0.126. The van der Waals surface area contributed by atoms with Crippen LogP contribution < -0.4 is 5.32 Å². The number of piperidine rings is 1. The van der Waals surface area contributed by atoms with E-state index in [1.807, 2.05) is 0 Å². The van der Waals surface area contributed by atoms with E-state index in [0.717, 1.165) is 45.1 Å². The number of aldehydes is 1. The Kier molecular flexibility index (Phi) is 3.76. The highest BCUT2D eigenvalue weighted by atomic mass is 19.1. The number of carbonyl (C=O) groups excluding carboxylic acids is 2. The second-order valence-corrected chi connectivity index (χ2v) is 5.96. The van der Waals surface area contributed by atoms with Crippen LogP contribution in [-0.2, 0) is 4.79 Å². The van der Waals surface area contributed by atoms with Crippen molar-refractivity contribution in [3.63, 3.8) is 0 Å². The molecule has 5 heteroatoms. The topological polar surface area (TPSA) is 49.4 Å². The molecule has 0 unspecified atom stereocenters. The Labute approximate surface area is 123 Å². The van der Waals surface area contributed by atoms with E-state index in [0.29, 0.717) is 5.56 Å². The number of likely N-dealkylation sites (tertiary alicyclic amines) is 1. The number of benzene rings is 1. The number of hydrogen-bond donors (Lipinski definition) is 1. The summed E-state index contributed by atoms with van der Waals surface area (Å²) in [5, 5.41) is 2.99. The van der Waals surface area contributed by atoms with Gasteiger partial charge in [-0.2, -0.15) is 0 Å². The molecular formula is C16H19FN2O2. The molecule has 1 aliphatic heterocycles. The minimum Gasteiger partial charge on any atom is -0.349 e. The zero-order valence-corrected chi connectivity index (χ0v) is 11.8. The van der Waals surface area contributed by atoms with E-state index in [1.54, 1.807) is 0 Å². The summed E-state index contributed by atoms with van der Waals surface area (Å²) < 4.78 is 12.8. The van der Waals surface area contributed by atoms with Crippen LogP contribution in [0.1, 0.15) is 36.0 Å². The fraction of sp³-hybridized carbons (Fsp3) is 0.500. The first-order chi connectivity index (χ1) is 10.1. The summed E-state index contributed by atoms with van der Waals surface area (Å²) in [6.07, 6.45) is 4.70. The highest BCUT2D eigenvalue weighted by molar-refractivity contribution is 5.94.